The molecule has 0 radical (unpaired) electrons. The number of rotatable bonds is 6. The summed E-state index contributed by atoms with van der Waals surface area (Å²) in [4.78, 5) is 37.5. The van der Waals surface area contributed by atoms with Crippen LogP contribution in [0.4, 0.5) is 0 Å². The number of carbonyl (C=O) groups excluding carboxylic acids is 2. The highest BCUT2D eigenvalue weighted by Gasteiger charge is 2.39. The molecule has 0 bridgehead atoms. The summed E-state index contributed by atoms with van der Waals surface area (Å²) in [6, 6.07) is 0. The third kappa shape index (κ3) is 4.54. The Bertz CT molecular complexity index is 366. The van der Waals surface area contributed by atoms with Crippen LogP contribution in [0.3, 0.4) is 0 Å². The Kier molecular flexibility index (Phi) is 5.99. The zero-order chi connectivity index (χ0) is 15.4. The maximum Gasteiger partial charge on any atom is 0.310 e. The number of aliphatic carboxylic acids is 1. The first-order valence-electron chi connectivity index (χ1n) is 6.20. The molecule has 6 heteroatoms. The molecule has 110 valence electrons. The van der Waals surface area contributed by atoms with Crippen LogP contribution in [0, 0.1) is 11.3 Å². The van der Waals surface area contributed by atoms with Gasteiger partial charge in [0.15, 0.2) is 0 Å². The molecule has 1 unspecified atom stereocenters. The van der Waals surface area contributed by atoms with E-state index >= 15 is 0 Å². The number of nitrogens with zero attached hydrogens (tertiary/aromatic N) is 2. The normalized spacial score (nSPS) is 13.8. The van der Waals surface area contributed by atoms with Gasteiger partial charge in [-0.1, -0.05) is 13.8 Å². The van der Waals surface area contributed by atoms with E-state index < -0.39 is 11.4 Å². The first kappa shape index (κ1) is 17.4. The predicted molar refractivity (Wildman–Crippen MR) is 71.5 cm³/mol. The number of amides is 2. The zero-order valence-electron chi connectivity index (χ0n) is 12.6. The van der Waals surface area contributed by atoms with Crippen molar-refractivity contribution in [1.29, 1.82) is 0 Å². The van der Waals surface area contributed by atoms with E-state index in [1.807, 2.05) is 0 Å². The summed E-state index contributed by atoms with van der Waals surface area (Å²) in [6.07, 6.45) is -0.114. The molecule has 0 fully saturated rings. The molecule has 1 N–H and O–H groups in total. The van der Waals surface area contributed by atoms with Crippen LogP contribution in [-0.2, 0) is 14.4 Å². The Morgan fingerprint density at radius 2 is 1.58 bits per heavy atom. The Morgan fingerprint density at radius 3 is 1.89 bits per heavy atom. The molecule has 0 aliphatic rings. The van der Waals surface area contributed by atoms with Crippen molar-refractivity contribution < 1.29 is 19.5 Å². The Balaban J connectivity index is 4.76. The van der Waals surface area contributed by atoms with Crippen LogP contribution in [0.2, 0.25) is 0 Å². The average Bonchev–Trinajstić information content (AvgIpc) is 2.27. The summed E-state index contributed by atoms with van der Waals surface area (Å²) in [5, 5.41) is 9.26. The standard InChI is InChI=1S/C13H24N2O4/c1-9(2)13(3,12(18)19)7-10(16)15(6)8-11(17)14(4)5/h9H,7-8H2,1-6H3,(H,18,19). The van der Waals surface area contributed by atoms with E-state index in [-0.39, 0.29) is 30.7 Å². The fourth-order valence-corrected chi connectivity index (χ4v) is 1.41. The first-order chi connectivity index (χ1) is 8.52. The number of carboxylic acids is 1. The van der Waals surface area contributed by atoms with Gasteiger partial charge < -0.3 is 14.9 Å². The highest BCUT2D eigenvalue weighted by atomic mass is 16.4. The molecular formula is C13H24N2O4. The minimum absolute atomic E-state index is 0.0420. The minimum Gasteiger partial charge on any atom is -0.481 e. The van der Waals surface area contributed by atoms with Crippen LogP contribution in [0.25, 0.3) is 0 Å². The molecule has 0 saturated carbocycles. The molecule has 0 aromatic carbocycles. The predicted octanol–water partition coefficient (Wildman–Crippen LogP) is 0.670. The lowest BCUT2D eigenvalue weighted by molar-refractivity contribution is -0.155. The Hall–Kier alpha value is -1.59. The molecule has 0 aromatic rings. The monoisotopic (exact) mass is 272 g/mol. The summed E-state index contributed by atoms with van der Waals surface area (Å²) in [5.41, 5.74) is -1.12. The van der Waals surface area contributed by atoms with E-state index in [1.165, 1.54) is 16.8 Å². The lowest BCUT2D eigenvalue weighted by Gasteiger charge is -2.30. The molecule has 0 saturated heterocycles. The third-order valence-corrected chi connectivity index (χ3v) is 3.58. The molecule has 2 amide bonds. The topological polar surface area (TPSA) is 77.9 Å². The number of carboxylic acid groups (broad SMARTS) is 1. The van der Waals surface area contributed by atoms with Crippen LogP contribution >= 0.6 is 0 Å². The number of likely N-dealkylation sites (N-methyl/N-ethyl adjacent to an activating group) is 2. The van der Waals surface area contributed by atoms with Gasteiger partial charge in [0.1, 0.15) is 0 Å². The molecule has 0 spiro atoms. The number of hydrogen-bond acceptors (Lipinski definition) is 3. The van der Waals surface area contributed by atoms with E-state index in [9.17, 15) is 19.5 Å². The van der Waals surface area contributed by atoms with Gasteiger partial charge in [-0.25, -0.2) is 0 Å². The smallest absolute Gasteiger partial charge is 0.310 e. The highest BCUT2D eigenvalue weighted by molar-refractivity contribution is 5.88. The molecule has 1 atom stereocenters. The van der Waals surface area contributed by atoms with Gasteiger partial charge in [-0.3, -0.25) is 14.4 Å². The van der Waals surface area contributed by atoms with Gasteiger partial charge in [0, 0.05) is 27.6 Å². The molecular weight excluding hydrogens is 248 g/mol. The van der Waals surface area contributed by atoms with Crippen molar-refractivity contribution in [3.8, 4) is 0 Å². The van der Waals surface area contributed by atoms with Gasteiger partial charge in [-0.05, 0) is 12.8 Å². The van der Waals surface area contributed by atoms with Crippen LogP contribution < -0.4 is 0 Å². The molecule has 0 rings (SSSR count). The second-order valence-corrected chi connectivity index (χ2v) is 5.59. The van der Waals surface area contributed by atoms with Crippen molar-refractivity contribution in [3.63, 3.8) is 0 Å². The summed E-state index contributed by atoms with van der Waals surface area (Å²) < 4.78 is 0. The van der Waals surface area contributed by atoms with Crippen molar-refractivity contribution in [3.05, 3.63) is 0 Å². The van der Waals surface area contributed by atoms with Gasteiger partial charge in [0.05, 0.1) is 12.0 Å². The number of hydrogen-bond donors (Lipinski definition) is 1. The quantitative estimate of drug-likeness (QED) is 0.771. The van der Waals surface area contributed by atoms with E-state index in [1.54, 1.807) is 34.9 Å². The van der Waals surface area contributed by atoms with E-state index in [2.05, 4.69) is 0 Å². The van der Waals surface area contributed by atoms with Gasteiger partial charge in [0.2, 0.25) is 11.8 Å². The lowest BCUT2D eigenvalue weighted by atomic mass is 9.76. The van der Waals surface area contributed by atoms with Gasteiger partial charge in [-0.2, -0.15) is 0 Å². The van der Waals surface area contributed by atoms with Gasteiger partial charge in [-0.15, -0.1) is 0 Å². The van der Waals surface area contributed by atoms with Crippen molar-refractivity contribution in [2.24, 2.45) is 11.3 Å². The average molecular weight is 272 g/mol. The molecule has 6 nitrogen and oxygen atoms in total. The van der Waals surface area contributed by atoms with Crippen LogP contribution in [0.5, 0.6) is 0 Å². The third-order valence-electron chi connectivity index (χ3n) is 3.58. The lowest BCUT2D eigenvalue weighted by Crippen LogP contribution is -2.43. The summed E-state index contributed by atoms with van der Waals surface area (Å²) >= 11 is 0. The molecule has 0 heterocycles. The van der Waals surface area contributed by atoms with Gasteiger partial charge >= 0.3 is 5.97 Å². The Labute approximate surface area is 114 Å². The number of carbonyl (C=O) groups is 3. The summed E-state index contributed by atoms with van der Waals surface area (Å²) in [7, 11) is 4.72. The SMILES string of the molecule is CC(C)C(C)(CC(=O)N(C)CC(=O)N(C)C)C(=O)O. The molecule has 0 aliphatic heterocycles. The maximum absolute atomic E-state index is 12.0. The highest BCUT2D eigenvalue weighted by Crippen LogP contribution is 2.31. The van der Waals surface area contributed by atoms with Crippen LogP contribution in [0.15, 0.2) is 0 Å². The maximum atomic E-state index is 12.0. The first-order valence-corrected chi connectivity index (χ1v) is 6.20. The fraction of sp³-hybridized carbons (Fsp3) is 0.769. The molecule has 19 heavy (non-hydrogen) atoms. The second kappa shape index (κ2) is 6.54. The van der Waals surface area contributed by atoms with Crippen LogP contribution in [-0.4, -0.2) is 60.4 Å². The van der Waals surface area contributed by atoms with E-state index in [4.69, 9.17) is 0 Å². The Morgan fingerprint density at radius 1 is 1.11 bits per heavy atom. The minimum atomic E-state index is -1.12. The van der Waals surface area contributed by atoms with Crippen molar-refractivity contribution >= 4 is 17.8 Å². The molecule has 0 aliphatic carbocycles. The van der Waals surface area contributed by atoms with Gasteiger partial charge in [0.25, 0.3) is 0 Å². The second-order valence-electron chi connectivity index (χ2n) is 5.59. The zero-order valence-corrected chi connectivity index (χ0v) is 12.6. The van der Waals surface area contributed by atoms with Crippen LogP contribution in [0.1, 0.15) is 27.2 Å². The summed E-state index contributed by atoms with van der Waals surface area (Å²) in [5.74, 6) is -1.71. The van der Waals surface area contributed by atoms with E-state index in [0.717, 1.165) is 0 Å². The summed E-state index contributed by atoms with van der Waals surface area (Å²) in [6.45, 7) is 5.05. The van der Waals surface area contributed by atoms with Crippen molar-refractivity contribution in [2.75, 3.05) is 27.7 Å². The fourth-order valence-electron chi connectivity index (χ4n) is 1.41. The molecule has 0 aromatic heterocycles. The largest absolute Gasteiger partial charge is 0.481 e. The van der Waals surface area contributed by atoms with E-state index in [0.29, 0.717) is 0 Å². The van der Waals surface area contributed by atoms with Crippen molar-refractivity contribution in [1.82, 2.24) is 9.80 Å². The van der Waals surface area contributed by atoms with Crippen molar-refractivity contribution in [2.45, 2.75) is 27.2 Å².